The molecule has 0 fully saturated rings. The zero-order valence-electron chi connectivity index (χ0n) is 68.3. The standard InChI is InChI=1S/C26H23Cl2N3O.C26H25N3O3.C22H15F4N3O3S.C21H16F3N3O2S2/c1-2-3-4-18-5-7-20(8-6-18)26(32)29-25-17-24(19-9-11-21(27)12-10-19)30-31(25)23-15-13-22(28)14-16-23;1-19-8-6-7-11-24(19)29-25(16-23(28-29)21-12-14-22(31-2)15-13-21)27-26(30)18-32-17-20-9-4-3-5-10-20;23-18-8-4-5-9-20(18)29-21(14-19(27-29)15-6-2-1-3-7-15)28-33(30,31)17-12-10-16(11-13-17)32-22(24,25)26;22-21(23,24)14-15-8-10-17(11-9-15)31(28,29)26-20-13-18(19-7-4-12-30-19)25-27(20)16-5-2-1-3-6-16/h5-17H,2-4H2,1H3,(H,29,32);3-16H,17-18H2,1-2H3,(H,27,30);1-14,28H;1-13,26H,14H2. The highest BCUT2D eigenvalue weighted by Gasteiger charge is 2.32. The van der Waals surface area contributed by atoms with Crippen molar-refractivity contribution >= 4 is 89.7 Å². The van der Waals surface area contributed by atoms with Gasteiger partial charge in [-0.2, -0.15) is 33.6 Å². The molecule has 5 heterocycles. The van der Waals surface area contributed by atoms with Gasteiger partial charge < -0.3 is 24.8 Å². The Labute approximate surface area is 746 Å². The Morgan fingerprint density at radius 1 is 0.461 bits per heavy atom. The summed E-state index contributed by atoms with van der Waals surface area (Å²) in [5.74, 6) is 0.454. The molecule has 16 aromatic rings. The van der Waals surface area contributed by atoms with Gasteiger partial charge in [-0.05, 0) is 193 Å². The van der Waals surface area contributed by atoms with Crippen molar-refractivity contribution in [2.75, 3.05) is 33.8 Å². The minimum absolute atomic E-state index is 0.00584. The van der Waals surface area contributed by atoms with E-state index in [9.17, 15) is 57.2 Å². The molecule has 128 heavy (non-hydrogen) atoms. The number of alkyl halides is 6. The first-order valence-electron chi connectivity index (χ1n) is 39.4. The predicted molar refractivity (Wildman–Crippen MR) is 484 cm³/mol. The molecule has 33 heteroatoms. The van der Waals surface area contributed by atoms with E-state index in [2.05, 4.69) is 41.9 Å². The van der Waals surface area contributed by atoms with Crippen LogP contribution in [0.25, 0.3) is 67.1 Å². The van der Waals surface area contributed by atoms with Crippen LogP contribution in [0.4, 0.5) is 54.0 Å². The Morgan fingerprint density at radius 2 is 0.922 bits per heavy atom. The van der Waals surface area contributed by atoms with Crippen LogP contribution in [0.2, 0.25) is 10.0 Å². The third kappa shape index (κ3) is 25.0. The van der Waals surface area contributed by atoms with Crippen LogP contribution < -0.4 is 29.6 Å². The first-order chi connectivity index (χ1) is 61.5. The van der Waals surface area contributed by atoms with Crippen LogP contribution in [-0.4, -0.2) is 94.0 Å². The number of nitrogens with zero attached hydrogens (tertiary/aromatic N) is 8. The molecule has 11 aromatic carbocycles. The summed E-state index contributed by atoms with van der Waals surface area (Å²) in [6.07, 6.45) is -7.08. The molecule has 2 amide bonds. The van der Waals surface area contributed by atoms with Crippen LogP contribution in [0, 0.1) is 12.7 Å². The van der Waals surface area contributed by atoms with E-state index in [1.807, 2.05) is 182 Å². The highest BCUT2D eigenvalue weighted by atomic mass is 35.5. The third-order valence-corrected chi connectivity index (χ3v) is 23.2. The van der Waals surface area contributed by atoms with Gasteiger partial charge in [0.25, 0.3) is 31.9 Å². The van der Waals surface area contributed by atoms with Gasteiger partial charge in [-0.1, -0.05) is 188 Å². The van der Waals surface area contributed by atoms with E-state index in [0.717, 1.165) is 128 Å². The largest absolute Gasteiger partial charge is 0.573 e. The van der Waals surface area contributed by atoms with Crippen molar-refractivity contribution in [1.29, 1.82) is 0 Å². The lowest BCUT2D eigenvalue weighted by Crippen LogP contribution is -2.20. The van der Waals surface area contributed by atoms with Crippen molar-refractivity contribution < 1.29 is 71.4 Å². The molecule has 0 spiro atoms. The number of para-hydroxylation sites is 3. The number of unbranched alkanes of at least 4 members (excludes halogenated alkanes) is 1. The summed E-state index contributed by atoms with van der Waals surface area (Å²) < 4.78 is 166. The molecule has 21 nitrogen and oxygen atoms in total. The molecule has 0 aliphatic carbocycles. The number of anilines is 4. The highest BCUT2D eigenvalue weighted by Crippen LogP contribution is 2.35. The molecule has 5 aromatic heterocycles. The summed E-state index contributed by atoms with van der Waals surface area (Å²) in [4.78, 5) is 26.0. The molecule has 654 valence electrons. The lowest BCUT2D eigenvalue weighted by Gasteiger charge is -2.12. The van der Waals surface area contributed by atoms with E-state index in [0.29, 0.717) is 56.5 Å². The molecule has 0 saturated carbocycles. The molecular weight excluding hydrogens is 1750 g/mol. The van der Waals surface area contributed by atoms with E-state index in [4.69, 9.17) is 42.9 Å². The monoisotopic (exact) mass is 1830 g/mol. The summed E-state index contributed by atoms with van der Waals surface area (Å²) in [6.45, 7) is 4.51. The smallest absolute Gasteiger partial charge is 0.497 e. The van der Waals surface area contributed by atoms with Crippen molar-refractivity contribution in [1.82, 2.24) is 39.1 Å². The molecule has 0 radical (unpaired) electrons. The molecule has 4 N–H and O–H groups in total. The number of carbonyl (C=O) groups excluding carboxylic acids is 2. The lowest BCUT2D eigenvalue weighted by atomic mass is 10.1. The summed E-state index contributed by atoms with van der Waals surface area (Å²) in [5.41, 5.74) is 11.2. The zero-order chi connectivity index (χ0) is 90.5. The van der Waals surface area contributed by atoms with Crippen LogP contribution in [0.5, 0.6) is 11.5 Å². The number of rotatable bonds is 27. The Kier molecular flexibility index (Phi) is 30.0. The van der Waals surface area contributed by atoms with Crippen LogP contribution in [0.1, 0.15) is 52.4 Å². The number of amides is 2. The second kappa shape index (κ2) is 41.9. The number of thiophene rings is 1. The Morgan fingerprint density at radius 3 is 1.48 bits per heavy atom. The van der Waals surface area contributed by atoms with Gasteiger partial charge in [0.1, 0.15) is 58.6 Å². The number of sulfonamides is 2. The van der Waals surface area contributed by atoms with E-state index in [1.54, 1.807) is 95.3 Å². The minimum atomic E-state index is -4.90. The maximum Gasteiger partial charge on any atom is 0.573 e. The van der Waals surface area contributed by atoms with Crippen molar-refractivity contribution in [3.63, 3.8) is 0 Å². The van der Waals surface area contributed by atoms with Crippen LogP contribution in [-0.2, 0) is 49.0 Å². The summed E-state index contributed by atoms with van der Waals surface area (Å²) in [7, 11) is -6.67. The topological polar surface area (TPSA) is 250 Å². The second-order valence-electron chi connectivity index (χ2n) is 28.4. The van der Waals surface area contributed by atoms with Crippen molar-refractivity contribution in [2.24, 2.45) is 0 Å². The SMILES string of the molecule is CCCCc1ccc(C(=O)Nc2cc(-c3ccc(Cl)cc3)nn2-c2ccc(Cl)cc2)cc1.COc1ccc(-c2cc(NC(=O)COCc3ccccc3)n(-c3ccccc3C)n2)cc1.O=S(=O)(Nc1cc(-c2ccccc2)nn1-c1ccccc1F)c1ccc(OC(F)(F)F)cc1.O=S(=O)(Nc1cc(-c2cccs2)nn1-c1ccccc1)c1ccc(CC(F)(F)F)cc1. The molecule has 0 saturated heterocycles. The van der Waals surface area contributed by atoms with Gasteiger partial charge >= 0.3 is 12.5 Å². The maximum atomic E-state index is 14.5. The van der Waals surface area contributed by atoms with Crippen LogP contribution in [0.15, 0.2) is 337 Å². The molecular formula is C95H79Cl2F7N12O9S3. The predicted octanol–water partition coefficient (Wildman–Crippen LogP) is 23.3. The first-order valence-corrected chi connectivity index (χ1v) is 44.0. The van der Waals surface area contributed by atoms with Gasteiger partial charge in [-0.3, -0.25) is 19.0 Å². The number of nitrogens with one attached hydrogen (secondary N) is 4. The molecule has 0 unspecified atom stereocenters. The maximum absolute atomic E-state index is 14.5. The number of aryl methyl sites for hydroxylation is 2. The number of benzene rings is 11. The Hall–Kier alpha value is -14.0. The average Bonchev–Trinajstić information content (AvgIpc) is 1.63. The zero-order valence-corrected chi connectivity index (χ0v) is 72.3. The van der Waals surface area contributed by atoms with Crippen molar-refractivity contribution in [3.8, 4) is 78.6 Å². The fourth-order valence-corrected chi connectivity index (χ4v) is 15.8. The van der Waals surface area contributed by atoms with E-state index >= 15 is 0 Å². The molecule has 0 aliphatic rings. The lowest BCUT2D eigenvalue weighted by molar-refractivity contribution is -0.274. The highest BCUT2D eigenvalue weighted by molar-refractivity contribution is 7.93. The van der Waals surface area contributed by atoms with Gasteiger partial charge in [0.2, 0.25) is 0 Å². The number of methoxy groups -OCH3 is 1. The third-order valence-electron chi connectivity index (χ3n) is 19.1. The van der Waals surface area contributed by atoms with Crippen molar-refractivity contribution in [3.05, 3.63) is 371 Å². The molecule has 0 atom stereocenters. The number of carbonyl (C=O) groups is 2. The van der Waals surface area contributed by atoms with Gasteiger partial charge in [0.15, 0.2) is 0 Å². The number of aromatic nitrogens is 8. The molecule has 0 bridgehead atoms. The van der Waals surface area contributed by atoms with E-state index in [1.165, 1.54) is 45.8 Å². The minimum Gasteiger partial charge on any atom is -0.497 e. The fourth-order valence-electron chi connectivity index (χ4n) is 12.8. The Bertz CT molecular complexity index is 6640. The molecule has 16 rings (SSSR count). The van der Waals surface area contributed by atoms with Gasteiger partial charge in [0.05, 0.1) is 68.9 Å². The second-order valence-corrected chi connectivity index (χ2v) is 33.6. The van der Waals surface area contributed by atoms with Gasteiger partial charge in [-0.15, -0.1) is 24.5 Å². The summed E-state index contributed by atoms with van der Waals surface area (Å²) >= 11 is 13.5. The number of halogens is 9. The first kappa shape index (κ1) is 91.7. The van der Waals surface area contributed by atoms with Crippen molar-refractivity contribution in [2.45, 2.75) is 68.5 Å². The quantitative estimate of drug-likeness (QED) is 0.0350. The average molecular weight is 1830 g/mol. The van der Waals surface area contributed by atoms with E-state index < -0.39 is 50.6 Å². The van der Waals surface area contributed by atoms with Crippen LogP contribution in [0.3, 0.4) is 0 Å². The number of ether oxygens (including phenoxy) is 3. The molecule has 0 aliphatic heterocycles. The summed E-state index contributed by atoms with van der Waals surface area (Å²) in [5, 5.41) is 27.5. The van der Waals surface area contributed by atoms with Gasteiger partial charge in [0, 0.05) is 56.6 Å². The van der Waals surface area contributed by atoms with E-state index in [-0.39, 0.29) is 51.1 Å². The number of hydrogen-bond donors (Lipinski definition) is 4. The fraction of sp³-hybridized carbons (Fsp3) is 0.116. The van der Waals surface area contributed by atoms with Crippen LogP contribution >= 0.6 is 34.5 Å². The number of hydrogen-bond acceptors (Lipinski definition) is 14. The Balaban J connectivity index is 0.000000146. The van der Waals surface area contributed by atoms with Gasteiger partial charge in [-0.25, -0.2) is 40.0 Å². The summed E-state index contributed by atoms with van der Waals surface area (Å²) in [6, 6.07) is 90.2. The normalized spacial score (nSPS) is 11.4.